The van der Waals surface area contributed by atoms with Gasteiger partial charge in [-0.3, -0.25) is 0 Å². The van der Waals surface area contributed by atoms with E-state index in [-0.39, 0.29) is 5.92 Å². The van der Waals surface area contributed by atoms with Crippen LogP contribution in [0.4, 0.5) is 5.82 Å². The molecule has 0 aliphatic carbocycles. The fourth-order valence-corrected chi connectivity index (χ4v) is 2.45. The standard InChI is InChI=1S/C14H16BrN3O/c1-8(2)12-11(15)13(16)18-14(17-12)9-6-4-5-7-10(9)19-3/h4-8H,1-3H3,(H2,16,17,18). The van der Waals surface area contributed by atoms with Gasteiger partial charge >= 0.3 is 0 Å². The van der Waals surface area contributed by atoms with Gasteiger partial charge in [-0.1, -0.05) is 26.0 Å². The summed E-state index contributed by atoms with van der Waals surface area (Å²) in [6.07, 6.45) is 0. The summed E-state index contributed by atoms with van der Waals surface area (Å²) in [7, 11) is 1.63. The first-order valence-electron chi connectivity index (χ1n) is 6.01. The number of aromatic nitrogens is 2. The maximum atomic E-state index is 5.95. The first-order valence-corrected chi connectivity index (χ1v) is 6.80. The van der Waals surface area contributed by atoms with E-state index in [0.717, 1.165) is 21.5 Å². The van der Waals surface area contributed by atoms with Gasteiger partial charge in [-0.25, -0.2) is 9.97 Å². The third-order valence-corrected chi connectivity index (χ3v) is 3.61. The van der Waals surface area contributed by atoms with Crippen LogP contribution in [0.5, 0.6) is 5.75 Å². The van der Waals surface area contributed by atoms with Crippen LogP contribution >= 0.6 is 15.9 Å². The second kappa shape index (κ2) is 5.57. The van der Waals surface area contributed by atoms with Crippen LogP contribution in [-0.4, -0.2) is 17.1 Å². The average molecular weight is 322 g/mol. The molecule has 1 aromatic heterocycles. The molecule has 0 aliphatic heterocycles. The molecule has 2 N–H and O–H groups in total. The van der Waals surface area contributed by atoms with Crippen molar-refractivity contribution in [3.05, 3.63) is 34.4 Å². The van der Waals surface area contributed by atoms with E-state index in [1.54, 1.807) is 7.11 Å². The number of ether oxygens (including phenoxy) is 1. The highest BCUT2D eigenvalue weighted by Gasteiger charge is 2.16. The van der Waals surface area contributed by atoms with Crippen LogP contribution in [0.1, 0.15) is 25.5 Å². The van der Waals surface area contributed by atoms with Crippen molar-refractivity contribution in [2.75, 3.05) is 12.8 Å². The summed E-state index contributed by atoms with van der Waals surface area (Å²) in [4.78, 5) is 8.93. The lowest BCUT2D eigenvalue weighted by atomic mass is 10.1. The van der Waals surface area contributed by atoms with E-state index in [0.29, 0.717) is 11.6 Å². The smallest absolute Gasteiger partial charge is 0.165 e. The maximum Gasteiger partial charge on any atom is 0.165 e. The van der Waals surface area contributed by atoms with Gasteiger partial charge in [0.2, 0.25) is 0 Å². The molecule has 1 heterocycles. The van der Waals surface area contributed by atoms with Gasteiger partial charge in [-0.2, -0.15) is 0 Å². The van der Waals surface area contributed by atoms with Crippen LogP contribution in [-0.2, 0) is 0 Å². The van der Waals surface area contributed by atoms with Crippen LogP contribution < -0.4 is 10.5 Å². The number of nitrogens with zero attached hydrogens (tertiary/aromatic N) is 2. The molecule has 0 bridgehead atoms. The Labute approximate surface area is 121 Å². The summed E-state index contributed by atoms with van der Waals surface area (Å²) < 4.78 is 6.10. The minimum atomic E-state index is 0.258. The quantitative estimate of drug-likeness (QED) is 0.937. The summed E-state index contributed by atoms with van der Waals surface area (Å²) >= 11 is 3.44. The van der Waals surface area contributed by atoms with Gasteiger partial charge in [0.05, 0.1) is 22.8 Å². The Morgan fingerprint density at radius 3 is 2.53 bits per heavy atom. The number of hydrogen-bond donors (Lipinski definition) is 1. The van der Waals surface area contributed by atoms with Gasteiger partial charge in [0, 0.05) is 0 Å². The number of anilines is 1. The Hall–Kier alpha value is -1.62. The lowest BCUT2D eigenvalue weighted by Gasteiger charge is -2.13. The Kier molecular flexibility index (Phi) is 4.04. The number of nitrogens with two attached hydrogens (primary N) is 1. The van der Waals surface area contributed by atoms with Crippen molar-refractivity contribution < 1.29 is 4.74 Å². The van der Waals surface area contributed by atoms with Crippen molar-refractivity contribution in [1.29, 1.82) is 0 Å². The number of halogens is 1. The van der Waals surface area contributed by atoms with Crippen molar-refractivity contribution in [3.8, 4) is 17.1 Å². The predicted molar refractivity (Wildman–Crippen MR) is 80.2 cm³/mol. The van der Waals surface area contributed by atoms with Gasteiger partial charge in [0.25, 0.3) is 0 Å². The molecule has 19 heavy (non-hydrogen) atoms. The Morgan fingerprint density at radius 2 is 1.89 bits per heavy atom. The van der Waals surface area contributed by atoms with Crippen molar-refractivity contribution in [2.24, 2.45) is 0 Å². The molecule has 0 aliphatic rings. The van der Waals surface area contributed by atoms with E-state index in [9.17, 15) is 0 Å². The first kappa shape index (κ1) is 13.8. The predicted octanol–water partition coefficient (Wildman–Crippen LogP) is 3.62. The normalized spacial score (nSPS) is 10.8. The van der Waals surface area contributed by atoms with Crippen molar-refractivity contribution >= 4 is 21.7 Å². The zero-order valence-electron chi connectivity index (χ0n) is 11.1. The summed E-state index contributed by atoms with van der Waals surface area (Å²) in [5, 5.41) is 0. The van der Waals surface area contributed by atoms with Crippen molar-refractivity contribution in [1.82, 2.24) is 9.97 Å². The monoisotopic (exact) mass is 321 g/mol. The molecule has 0 unspecified atom stereocenters. The minimum Gasteiger partial charge on any atom is -0.496 e. The molecule has 5 heteroatoms. The molecular weight excluding hydrogens is 306 g/mol. The van der Waals surface area contributed by atoms with E-state index in [2.05, 4.69) is 39.7 Å². The molecule has 0 saturated heterocycles. The number of methoxy groups -OCH3 is 1. The fourth-order valence-electron chi connectivity index (χ4n) is 1.81. The van der Waals surface area contributed by atoms with Gasteiger partial charge in [-0.15, -0.1) is 0 Å². The van der Waals surface area contributed by atoms with Gasteiger partial charge < -0.3 is 10.5 Å². The maximum absolute atomic E-state index is 5.95. The molecule has 0 fully saturated rings. The molecule has 1 aromatic carbocycles. The lowest BCUT2D eigenvalue weighted by Crippen LogP contribution is -2.04. The molecule has 100 valence electrons. The highest BCUT2D eigenvalue weighted by atomic mass is 79.9. The van der Waals surface area contributed by atoms with Gasteiger partial charge in [0.15, 0.2) is 5.82 Å². The van der Waals surface area contributed by atoms with E-state index < -0.39 is 0 Å². The Bertz CT molecular complexity index is 599. The number of rotatable bonds is 3. The average Bonchev–Trinajstić information content (AvgIpc) is 2.41. The van der Waals surface area contributed by atoms with Gasteiger partial charge in [0.1, 0.15) is 11.6 Å². The zero-order valence-corrected chi connectivity index (χ0v) is 12.7. The summed E-state index contributed by atoms with van der Waals surface area (Å²) in [5.41, 5.74) is 7.68. The van der Waals surface area contributed by atoms with Crippen LogP contribution in [0.15, 0.2) is 28.7 Å². The van der Waals surface area contributed by atoms with Crippen LogP contribution in [0.2, 0.25) is 0 Å². The topological polar surface area (TPSA) is 61.0 Å². The van der Waals surface area contributed by atoms with E-state index in [1.165, 1.54) is 0 Å². The summed E-state index contributed by atoms with van der Waals surface area (Å²) in [6, 6.07) is 7.64. The first-order chi connectivity index (χ1) is 9.04. The Morgan fingerprint density at radius 1 is 1.21 bits per heavy atom. The Balaban J connectivity index is 2.63. The molecule has 2 rings (SSSR count). The van der Waals surface area contributed by atoms with E-state index in [4.69, 9.17) is 10.5 Å². The third kappa shape index (κ3) is 2.71. The molecule has 4 nitrogen and oxygen atoms in total. The number of para-hydroxylation sites is 1. The number of benzene rings is 1. The van der Waals surface area contributed by atoms with Crippen molar-refractivity contribution in [3.63, 3.8) is 0 Å². The van der Waals surface area contributed by atoms with E-state index >= 15 is 0 Å². The highest BCUT2D eigenvalue weighted by molar-refractivity contribution is 9.10. The fraction of sp³-hybridized carbons (Fsp3) is 0.286. The molecular formula is C14H16BrN3O. The van der Waals surface area contributed by atoms with Crippen LogP contribution in [0, 0.1) is 0 Å². The SMILES string of the molecule is COc1ccccc1-c1nc(N)c(Br)c(C(C)C)n1. The largest absolute Gasteiger partial charge is 0.496 e. The zero-order chi connectivity index (χ0) is 14.0. The molecule has 0 atom stereocenters. The number of hydrogen-bond acceptors (Lipinski definition) is 4. The third-order valence-electron chi connectivity index (χ3n) is 2.80. The molecule has 0 spiro atoms. The lowest BCUT2D eigenvalue weighted by molar-refractivity contribution is 0.416. The van der Waals surface area contributed by atoms with E-state index in [1.807, 2.05) is 24.3 Å². The molecule has 0 radical (unpaired) electrons. The van der Waals surface area contributed by atoms with Crippen molar-refractivity contribution in [2.45, 2.75) is 19.8 Å². The number of nitrogen functional groups attached to an aromatic ring is 1. The van der Waals surface area contributed by atoms with Gasteiger partial charge in [-0.05, 0) is 34.0 Å². The van der Waals surface area contributed by atoms with Crippen LogP contribution in [0.3, 0.4) is 0 Å². The molecule has 2 aromatic rings. The van der Waals surface area contributed by atoms with Crippen LogP contribution in [0.25, 0.3) is 11.4 Å². The minimum absolute atomic E-state index is 0.258. The summed E-state index contributed by atoms with van der Waals surface area (Å²) in [6.45, 7) is 4.14. The highest BCUT2D eigenvalue weighted by Crippen LogP contribution is 2.32. The second-order valence-electron chi connectivity index (χ2n) is 4.49. The molecule has 0 saturated carbocycles. The summed E-state index contributed by atoms with van der Waals surface area (Å²) in [5.74, 6) is 2.02. The second-order valence-corrected chi connectivity index (χ2v) is 5.28. The molecule has 0 amide bonds.